The number of carbonyl (C=O) groups is 1. The fourth-order valence-corrected chi connectivity index (χ4v) is 1.90. The van der Waals surface area contributed by atoms with Crippen LogP contribution in [0.3, 0.4) is 0 Å². The first-order valence-corrected chi connectivity index (χ1v) is 7.24. The molecule has 4 heteroatoms. The average molecular weight is 278 g/mol. The van der Waals surface area contributed by atoms with E-state index in [0.29, 0.717) is 25.7 Å². The molecule has 0 aromatic heterocycles. The van der Waals surface area contributed by atoms with Gasteiger partial charge in [0, 0.05) is 13.2 Å². The van der Waals surface area contributed by atoms with E-state index in [1.165, 1.54) is 0 Å². The molecular weight excluding hydrogens is 252 g/mol. The molecule has 20 heavy (non-hydrogen) atoms. The van der Waals surface area contributed by atoms with Crippen LogP contribution in [0.5, 0.6) is 0 Å². The molecule has 0 heterocycles. The predicted molar refractivity (Wildman–Crippen MR) is 81.2 cm³/mol. The van der Waals surface area contributed by atoms with Gasteiger partial charge in [0.15, 0.2) is 0 Å². The summed E-state index contributed by atoms with van der Waals surface area (Å²) in [4.78, 5) is 11.7. The Labute approximate surface area is 121 Å². The Kier molecular flexibility index (Phi) is 7.92. The van der Waals surface area contributed by atoms with Gasteiger partial charge in [-0.1, -0.05) is 44.2 Å². The lowest BCUT2D eigenvalue weighted by molar-refractivity contribution is -0.122. The molecular formula is C16H26N2O2. The number of nitrogens with two attached hydrogens (primary N) is 1. The topological polar surface area (TPSA) is 64.4 Å². The fourth-order valence-electron chi connectivity index (χ4n) is 1.90. The second kappa shape index (κ2) is 9.50. The zero-order valence-corrected chi connectivity index (χ0v) is 12.5. The number of nitrogens with one attached hydrogen (secondary N) is 1. The summed E-state index contributed by atoms with van der Waals surface area (Å²) in [6.45, 7) is 5.98. The summed E-state index contributed by atoms with van der Waals surface area (Å²) in [6, 6.07) is 9.64. The summed E-state index contributed by atoms with van der Waals surface area (Å²) in [6.07, 6.45) is 1.52. The maximum atomic E-state index is 11.7. The number of amides is 1. The Hall–Kier alpha value is -1.39. The molecule has 0 fully saturated rings. The van der Waals surface area contributed by atoms with Gasteiger partial charge in [0.2, 0.25) is 5.91 Å². The van der Waals surface area contributed by atoms with E-state index >= 15 is 0 Å². The number of hydrogen-bond donors (Lipinski definition) is 2. The van der Waals surface area contributed by atoms with E-state index in [-0.39, 0.29) is 5.91 Å². The van der Waals surface area contributed by atoms with Crippen LogP contribution in [0.1, 0.15) is 32.3 Å². The Bertz CT molecular complexity index is 379. The highest BCUT2D eigenvalue weighted by atomic mass is 16.5. The summed E-state index contributed by atoms with van der Waals surface area (Å²) in [7, 11) is 0. The molecule has 112 valence electrons. The minimum absolute atomic E-state index is 0.0678. The van der Waals surface area contributed by atoms with Crippen LogP contribution < -0.4 is 11.1 Å². The molecule has 0 radical (unpaired) electrons. The summed E-state index contributed by atoms with van der Waals surface area (Å²) in [5, 5.41) is 2.84. The number of hydrogen-bond acceptors (Lipinski definition) is 3. The van der Waals surface area contributed by atoms with Gasteiger partial charge in [-0.15, -0.1) is 0 Å². The van der Waals surface area contributed by atoms with Gasteiger partial charge in [-0.3, -0.25) is 4.79 Å². The van der Waals surface area contributed by atoms with Crippen LogP contribution in [0.4, 0.5) is 0 Å². The molecule has 0 aliphatic carbocycles. The van der Waals surface area contributed by atoms with E-state index in [4.69, 9.17) is 10.5 Å². The second-order valence-corrected chi connectivity index (χ2v) is 5.42. The van der Waals surface area contributed by atoms with Gasteiger partial charge in [0.25, 0.3) is 0 Å². The minimum Gasteiger partial charge on any atom is -0.377 e. The van der Waals surface area contributed by atoms with E-state index in [9.17, 15) is 4.79 Å². The lowest BCUT2D eigenvalue weighted by atomic mass is 10.0. The molecule has 0 saturated carbocycles. The van der Waals surface area contributed by atoms with Crippen molar-refractivity contribution in [1.29, 1.82) is 0 Å². The van der Waals surface area contributed by atoms with Gasteiger partial charge >= 0.3 is 0 Å². The maximum Gasteiger partial charge on any atom is 0.236 e. The van der Waals surface area contributed by atoms with Gasteiger partial charge < -0.3 is 15.8 Å². The van der Waals surface area contributed by atoms with Crippen LogP contribution in [0.2, 0.25) is 0 Å². The summed E-state index contributed by atoms with van der Waals surface area (Å²) >= 11 is 0. The third-order valence-corrected chi connectivity index (χ3v) is 2.94. The SMILES string of the molecule is CC(C)C[C@@H](N)C(=O)NCCCOCc1ccccc1. The molecule has 0 spiro atoms. The van der Waals surface area contributed by atoms with Crippen molar-refractivity contribution in [3.05, 3.63) is 35.9 Å². The van der Waals surface area contributed by atoms with E-state index in [1.807, 2.05) is 30.3 Å². The van der Waals surface area contributed by atoms with Crippen molar-refractivity contribution in [3.63, 3.8) is 0 Å². The number of ether oxygens (including phenoxy) is 1. The molecule has 0 aliphatic heterocycles. The fraction of sp³-hybridized carbons (Fsp3) is 0.562. The van der Waals surface area contributed by atoms with Gasteiger partial charge in [-0.2, -0.15) is 0 Å². The predicted octanol–water partition coefficient (Wildman–Crippen LogP) is 2.08. The molecule has 1 amide bonds. The van der Waals surface area contributed by atoms with Crippen molar-refractivity contribution in [2.75, 3.05) is 13.2 Å². The highest BCUT2D eigenvalue weighted by Gasteiger charge is 2.13. The molecule has 0 unspecified atom stereocenters. The number of benzene rings is 1. The Morgan fingerprint density at radius 3 is 2.65 bits per heavy atom. The monoisotopic (exact) mass is 278 g/mol. The lowest BCUT2D eigenvalue weighted by Gasteiger charge is -2.14. The van der Waals surface area contributed by atoms with Gasteiger partial charge in [-0.25, -0.2) is 0 Å². The molecule has 1 aromatic carbocycles. The molecule has 3 N–H and O–H groups in total. The summed E-state index contributed by atoms with van der Waals surface area (Å²) < 4.78 is 5.54. The van der Waals surface area contributed by atoms with Gasteiger partial charge in [0.05, 0.1) is 12.6 Å². The maximum absolute atomic E-state index is 11.7. The van der Waals surface area contributed by atoms with Crippen molar-refractivity contribution < 1.29 is 9.53 Å². The molecule has 1 atom stereocenters. The van der Waals surface area contributed by atoms with E-state index in [1.54, 1.807) is 0 Å². The molecule has 0 saturated heterocycles. The molecule has 1 aromatic rings. The van der Waals surface area contributed by atoms with Crippen LogP contribution in [0, 0.1) is 5.92 Å². The zero-order chi connectivity index (χ0) is 14.8. The van der Waals surface area contributed by atoms with Crippen LogP contribution in [-0.2, 0) is 16.1 Å². The summed E-state index contributed by atoms with van der Waals surface area (Å²) in [5.41, 5.74) is 6.95. The molecule has 0 bridgehead atoms. The van der Waals surface area contributed by atoms with Crippen molar-refractivity contribution in [3.8, 4) is 0 Å². The normalized spacial score (nSPS) is 12.4. The number of carbonyl (C=O) groups excluding carboxylic acids is 1. The van der Waals surface area contributed by atoms with Crippen molar-refractivity contribution in [2.45, 2.75) is 39.3 Å². The zero-order valence-electron chi connectivity index (χ0n) is 12.5. The minimum atomic E-state index is -0.403. The first-order chi connectivity index (χ1) is 9.59. The van der Waals surface area contributed by atoms with Gasteiger partial charge in [-0.05, 0) is 24.3 Å². The lowest BCUT2D eigenvalue weighted by Crippen LogP contribution is -2.41. The number of rotatable bonds is 9. The first kappa shape index (κ1) is 16.7. The van der Waals surface area contributed by atoms with Gasteiger partial charge in [0.1, 0.15) is 0 Å². The highest BCUT2D eigenvalue weighted by molar-refractivity contribution is 5.81. The van der Waals surface area contributed by atoms with Crippen LogP contribution in [0.25, 0.3) is 0 Å². The second-order valence-electron chi connectivity index (χ2n) is 5.42. The molecule has 4 nitrogen and oxygen atoms in total. The van der Waals surface area contributed by atoms with E-state index < -0.39 is 6.04 Å². The Morgan fingerprint density at radius 1 is 1.30 bits per heavy atom. The van der Waals surface area contributed by atoms with Crippen molar-refractivity contribution in [1.82, 2.24) is 5.32 Å². The standard InChI is InChI=1S/C16H26N2O2/c1-13(2)11-15(17)16(19)18-9-6-10-20-12-14-7-4-3-5-8-14/h3-5,7-8,13,15H,6,9-12,17H2,1-2H3,(H,18,19)/t15-/m1/s1. The Balaban J connectivity index is 2.03. The Morgan fingerprint density at radius 2 is 2.00 bits per heavy atom. The largest absolute Gasteiger partial charge is 0.377 e. The summed E-state index contributed by atoms with van der Waals surface area (Å²) in [5.74, 6) is 0.367. The highest BCUT2D eigenvalue weighted by Crippen LogP contribution is 2.03. The average Bonchev–Trinajstić information content (AvgIpc) is 2.42. The van der Waals surface area contributed by atoms with Crippen molar-refractivity contribution in [2.24, 2.45) is 11.7 Å². The molecule has 1 rings (SSSR count). The van der Waals surface area contributed by atoms with E-state index in [0.717, 1.165) is 18.4 Å². The first-order valence-electron chi connectivity index (χ1n) is 7.24. The molecule has 0 aliphatic rings. The van der Waals surface area contributed by atoms with Crippen LogP contribution >= 0.6 is 0 Å². The van der Waals surface area contributed by atoms with Crippen LogP contribution in [-0.4, -0.2) is 25.1 Å². The van der Waals surface area contributed by atoms with Crippen LogP contribution in [0.15, 0.2) is 30.3 Å². The van der Waals surface area contributed by atoms with Crippen molar-refractivity contribution >= 4 is 5.91 Å². The quantitative estimate of drug-likeness (QED) is 0.680. The van der Waals surface area contributed by atoms with E-state index in [2.05, 4.69) is 19.2 Å². The third kappa shape index (κ3) is 7.26. The smallest absolute Gasteiger partial charge is 0.236 e. The third-order valence-electron chi connectivity index (χ3n) is 2.94.